The Bertz CT molecular complexity index is 830. The lowest BCUT2D eigenvalue weighted by molar-refractivity contribution is -0.162. The van der Waals surface area contributed by atoms with E-state index in [0.29, 0.717) is 25.9 Å². The van der Waals surface area contributed by atoms with E-state index in [1.54, 1.807) is 11.0 Å². The summed E-state index contributed by atoms with van der Waals surface area (Å²) in [6.07, 6.45) is 8.19. The normalized spacial score (nSPS) is 33.0. The maximum absolute atomic E-state index is 14.0. The third kappa shape index (κ3) is 4.67. The molecule has 0 radical (unpaired) electrons. The average molecular weight is 491 g/mol. The Kier molecular flexibility index (Phi) is 8.81. The lowest BCUT2D eigenvalue weighted by Gasteiger charge is -2.37. The van der Waals surface area contributed by atoms with Crippen molar-refractivity contribution in [3.05, 3.63) is 25.3 Å². The first-order valence-corrected chi connectivity index (χ1v) is 13.0. The SMILES string of the molecule is C=CCCCCOC(=O)[C@@H]1[C@H]2C(=O)N(CCO)C(C(=O)N(CC=C)CCCC)C23CC(C)[C@@]1(C)O3. The number of carbonyl (C=O) groups excluding carboxylic acids is 3. The number of likely N-dealkylation sites (tertiary alicyclic amines) is 1. The second-order valence-corrected chi connectivity index (χ2v) is 10.3. The summed E-state index contributed by atoms with van der Waals surface area (Å²) in [6.45, 7) is 14.4. The molecule has 3 fully saturated rings. The highest BCUT2D eigenvalue weighted by Crippen LogP contribution is 2.65. The topological polar surface area (TPSA) is 96.4 Å². The third-order valence-electron chi connectivity index (χ3n) is 8.13. The van der Waals surface area contributed by atoms with E-state index in [4.69, 9.17) is 9.47 Å². The van der Waals surface area contributed by atoms with Gasteiger partial charge in [-0.25, -0.2) is 0 Å². The molecule has 3 saturated heterocycles. The number of hydrogen-bond donors (Lipinski definition) is 1. The van der Waals surface area contributed by atoms with Crippen LogP contribution in [0.4, 0.5) is 0 Å². The molecular formula is C27H42N2O6. The lowest BCUT2D eigenvalue weighted by atomic mass is 9.62. The van der Waals surface area contributed by atoms with E-state index in [2.05, 4.69) is 20.1 Å². The average Bonchev–Trinajstić information content (AvgIpc) is 3.33. The van der Waals surface area contributed by atoms with Crippen molar-refractivity contribution in [1.82, 2.24) is 9.80 Å². The van der Waals surface area contributed by atoms with Gasteiger partial charge in [0, 0.05) is 19.6 Å². The summed E-state index contributed by atoms with van der Waals surface area (Å²) in [5.41, 5.74) is -2.01. The minimum Gasteiger partial charge on any atom is -0.465 e. The van der Waals surface area contributed by atoms with Gasteiger partial charge in [-0.1, -0.05) is 32.4 Å². The number of esters is 1. The first kappa shape index (κ1) is 27.4. The van der Waals surface area contributed by atoms with Gasteiger partial charge in [-0.15, -0.1) is 13.2 Å². The van der Waals surface area contributed by atoms with Crippen molar-refractivity contribution < 1.29 is 29.0 Å². The smallest absolute Gasteiger partial charge is 0.312 e. The number of aliphatic hydroxyl groups excluding tert-OH is 1. The lowest BCUT2D eigenvalue weighted by Crippen LogP contribution is -2.57. The number of hydrogen-bond acceptors (Lipinski definition) is 6. The zero-order chi connectivity index (χ0) is 25.8. The molecule has 3 heterocycles. The monoisotopic (exact) mass is 490 g/mol. The van der Waals surface area contributed by atoms with Crippen molar-refractivity contribution in [2.24, 2.45) is 17.8 Å². The number of rotatable bonds is 14. The Balaban J connectivity index is 1.95. The molecule has 2 amide bonds. The highest BCUT2D eigenvalue weighted by Gasteiger charge is 2.80. The first-order valence-electron chi connectivity index (χ1n) is 13.0. The van der Waals surface area contributed by atoms with Crippen LogP contribution in [0.2, 0.25) is 0 Å². The highest BCUT2D eigenvalue weighted by atomic mass is 16.6. The molecule has 6 atom stereocenters. The Hall–Kier alpha value is -2.19. The van der Waals surface area contributed by atoms with Crippen LogP contribution in [0.5, 0.6) is 0 Å². The van der Waals surface area contributed by atoms with Crippen molar-refractivity contribution in [3.63, 3.8) is 0 Å². The Morgan fingerprint density at radius 1 is 1.29 bits per heavy atom. The van der Waals surface area contributed by atoms with Crippen LogP contribution in [0.15, 0.2) is 25.3 Å². The van der Waals surface area contributed by atoms with E-state index in [1.807, 2.05) is 19.9 Å². The van der Waals surface area contributed by atoms with E-state index in [1.165, 1.54) is 4.90 Å². The number of allylic oxidation sites excluding steroid dienone is 1. The zero-order valence-corrected chi connectivity index (χ0v) is 21.5. The van der Waals surface area contributed by atoms with Crippen molar-refractivity contribution in [2.75, 3.05) is 32.8 Å². The van der Waals surface area contributed by atoms with Gasteiger partial charge in [0.25, 0.3) is 0 Å². The van der Waals surface area contributed by atoms with Crippen LogP contribution in [0, 0.1) is 17.8 Å². The fourth-order valence-electron chi connectivity index (χ4n) is 6.35. The molecule has 3 unspecified atom stereocenters. The molecule has 35 heavy (non-hydrogen) atoms. The largest absolute Gasteiger partial charge is 0.465 e. The van der Waals surface area contributed by atoms with Gasteiger partial charge >= 0.3 is 5.97 Å². The number of aliphatic hydroxyl groups is 1. The Labute approximate surface area is 209 Å². The Morgan fingerprint density at radius 3 is 2.66 bits per heavy atom. The van der Waals surface area contributed by atoms with Crippen molar-refractivity contribution in [1.29, 1.82) is 0 Å². The van der Waals surface area contributed by atoms with Crippen molar-refractivity contribution in [3.8, 4) is 0 Å². The maximum Gasteiger partial charge on any atom is 0.312 e. The number of amides is 2. The molecule has 1 N–H and O–H groups in total. The molecule has 0 aromatic heterocycles. The van der Waals surface area contributed by atoms with Crippen molar-refractivity contribution >= 4 is 17.8 Å². The van der Waals surface area contributed by atoms with Crippen LogP contribution in [0.3, 0.4) is 0 Å². The predicted octanol–water partition coefficient (Wildman–Crippen LogP) is 2.70. The van der Waals surface area contributed by atoms with Gasteiger partial charge in [-0.3, -0.25) is 14.4 Å². The zero-order valence-electron chi connectivity index (χ0n) is 21.5. The van der Waals surface area contributed by atoms with Gasteiger partial charge in [0.15, 0.2) is 0 Å². The second kappa shape index (κ2) is 11.2. The summed E-state index contributed by atoms with van der Waals surface area (Å²) < 4.78 is 12.3. The second-order valence-electron chi connectivity index (χ2n) is 10.3. The van der Waals surface area contributed by atoms with Crippen LogP contribution < -0.4 is 0 Å². The molecule has 0 aliphatic carbocycles. The quantitative estimate of drug-likeness (QED) is 0.229. The van der Waals surface area contributed by atoms with Crippen LogP contribution in [0.1, 0.15) is 59.3 Å². The minimum absolute atomic E-state index is 0.0149. The third-order valence-corrected chi connectivity index (χ3v) is 8.13. The number of ether oxygens (including phenoxy) is 2. The summed E-state index contributed by atoms with van der Waals surface area (Å²) in [5.74, 6) is -2.60. The number of fused-ring (bicyclic) bond motifs is 1. The summed E-state index contributed by atoms with van der Waals surface area (Å²) in [6, 6.07) is -0.890. The minimum atomic E-state index is -1.12. The standard InChI is InChI=1S/C27H42N2O6/c1-6-9-11-12-17-34-25(33)21-20-23(31)29(15-16-30)22(24(32)28(13-8-3)14-10-7-2)27(20)18-19(4)26(21,5)35-27/h6,8,19-22,30H,1,3,7,9-18H2,2,4-5H3/t19?,20-,21-,22?,26+,27?/m0/s1. The molecule has 196 valence electrons. The molecule has 2 bridgehead atoms. The number of unbranched alkanes of at least 4 members (excludes halogenated alkanes) is 3. The van der Waals surface area contributed by atoms with E-state index in [-0.39, 0.29) is 37.5 Å². The maximum atomic E-state index is 14.0. The van der Waals surface area contributed by atoms with Gasteiger partial charge in [-0.05, 0) is 44.9 Å². The summed E-state index contributed by atoms with van der Waals surface area (Å²) in [4.78, 5) is 44.3. The van der Waals surface area contributed by atoms with E-state index >= 15 is 0 Å². The van der Waals surface area contributed by atoms with Crippen LogP contribution >= 0.6 is 0 Å². The number of β-amino-alcohol motifs (C(OH)–C–C–N with tert-alkyl or cyclic N) is 1. The van der Waals surface area contributed by atoms with E-state index in [9.17, 15) is 19.5 Å². The highest BCUT2D eigenvalue weighted by molar-refractivity contribution is 5.98. The van der Waals surface area contributed by atoms with Crippen LogP contribution in [0.25, 0.3) is 0 Å². The molecule has 8 nitrogen and oxygen atoms in total. The number of nitrogens with zero attached hydrogens (tertiary/aromatic N) is 2. The van der Waals surface area contributed by atoms with Gasteiger partial charge in [0.2, 0.25) is 11.8 Å². The van der Waals surface area contributed by atoms with E-state index < -0.39 is 35.0 Å². The predicted molar refractivity (Wildman–Crippen MR) is 132 cm³/mol. The molecule has 3 aliphatic rings. The molecule has 3 rings (SSSR count). The molecule has 8 heteroatoms. The molecule has 0 aromatic rings. The first-order chi connectivity index (χ1) is 16.7. The van der Waals surface area contributed by atoms with Crippen molar-refractivity contribution in [2.45, 2.75) is 76.5 Å². The number of carbonyl (C=O) groups is 3. The van der Waals surface area contributed by atoms with Crippen LogP contribution in [-0.2, 0) is 23.9 Å². The molecule has 0 aromatic carbocycles. The fraction of sp³-hybridized carbons (Fsp3) is 0.741. The summed E-state index contributed by atoms with van der Waals surface area (Å²) >= 11 is 0. The van der Waals surface area contributed by atoms with Gasteiger partial charge in [0.1, 0.15) is 17.6 Å². The fourth-order valence-corrected chi connectivity index (χ4v) is 6.35. The van der Waals surface area contributed by atoms with Gasteiger partial charge in [-0.2, -0.15) is 0 Å². The van der Waals surface area contributed by atoms with Crippen LogP contribution in [-0.4, -0.2) is 82.8 Å². The van der Waals surface area contributed by atoms with Gasteiger partial charge < -0.3 is 24.4 Å². The molecular weight excluding hydrogens is 448 g/mol. The molecule has 3 aliphatic heterocycles. The molecule has 1 spiro atoms. The summed E-state index contributed by atoms with van der Waals surface area (Å²) in [7, 11) is 0. The van der Waals surface area contributed by atoms with E-state index in [0.717, 1.165) is 25.7 Å². The molecule has 0 saturated carbocycles. The Morgan fingerprint density at radius 2 is 2.03 bits per heavy atom. The van der Waals surface area contributed by atoms with Gasteiger partial charge in [0.05, 0.1) is 24.7 Å². The summed E-state index contributed by atoms with van der Waals surface area (Å²) in [5, 5.41) is 9.75.